The van der Waals surface area contributed by atoms with Gasteiger partial charge in [0.1, 0.15) is 0 Å². The van der Waals surface area contributed by atoms with E-state index in [0.717, 1.165) is 5.52 Å². The maximum Gasteiger partial charge on any atom is 0.0934 e. The van der Waals surface area contributed by atoms with Crippen LogP contribution in [0.15, 0.2) is 24.4 Å². The lowest BCUT2D eigenvalue weighted by Gasteiger charge is -2.02. The average Bonchev–Trinajstić information content (AvgIpc) is 2.04. The minimum atomic E-state index is 0.981. The molecule has 2 rings (SSSR count). The van der Waals surface area contributed by atoms with E-state index in [1.807, 2.05) is 12.1 Å². The van der Waals surface area contributed by atoms with E-state index in [1.165, 1.54) is 16.5 Å². The monoisotopic (exact) mass is 158 g/mol. The molecule has 0 saturated carbocycles. The van der Waals surface area contributed by atoms with Crippen molar-refractivity contribution in [1.29, 1.82) is 0 Å². The summed E-state index contributed by atoms with van der Waals surface area (Å²) in [6, 6.07) is 6.09. The molecule has 1 heterocycles. The first-order chi connectivity index (χ1) is 5.79. The highest BCUT2D eigenvalue weighted by Gasteiger charge is 2.00. The van der Waals surface area contributed by atoms with Crippen LogP contribution in [0.2, 0.25) is 0 Å². The largest absolute Gasteiger partial charge is 0.158 e. The van der Waals surface area contributed by atoms with Crippen LogP contribution >= 0.6 is 0 Å². The molecule has 1 aromatic carbocycles. The number of fused-ring (bicyclic) bond motifs is 1. The number of aromatic nitrogens is 2. The summed E-state index contributed by atoms with van der Waals surface area (Å²) in [5.41, 5.74) is 3.44. The van der Waals surface area contributed by atoms with Crippen molar-refractivity contribution in [3.8, 4) is 0 Å². The van der Waals surface area contributed by atoms with Crippen LogP contribution in [0, 0.1) is 13.8 Å². The molecular weight excluding hydrogens is 148 g/mol. The molecule has 0 unspecified atom stereocenters. The summed E-state index contributed by atoms with van der Waals surface area (Å²) < 4.78 is 0. The molecule has 0 aliphatic rings. The minimum Gasteiger partial charge on any atom is -0.158 e. The predicted molar refractivity (Wildman–Crippen MR) is 49.0 cm³/mol. The molecule has 2 nitrogen and oxygen atoms in total. The summed E-state index contributed by atoms with van der Waals surface area (Å²) in [7, 11) is 0. The summed E-state index contributed by atoms with van der Waals surface area (Å²) >= 11 is 0. The molecule has 0 bridgehead atoms. The number of aryl methyl sites for hydroxylation is 2. The van der Waals surface area contributed by atoms with E-state index in [9.17, 15) is 0 Å². The fourth-order valence-corrected chi connectivity index (χ4v) is 1.49. The second-order valence-electron chi connectivity index (χ2n) is 3.00. The normalized spacial score (nSPS) is 10.5. The van der Waals surface area contributed by atoms with Crippen molar-refractivity contribution in [3.63, 3.8) is 0 Å². The average molecular weight is 158 g/mol. The van der Waals surface area contributed by atoms with E-state index >= 15 is 0 Å². The molecule has 60 valence electrons. The Hall–Kier alpha value is -1.44. The molecule has 0 radical (unpaired) electrons. The van der Waals surface area contributed by atoms with Crippen molar-refractivity contribution in [2.24, 2.45) is 0 Å². The fraction of sp³-hybridized carbons (Fsp3) is 0.200. The van der Waals surface area contributed by atoms with Crippen LogP contribution in [-0.2, 0) is 0 Å². The van der Waals surface area contributed by atoms with E-state index in [2.05, 4.69) is 30.1 Å². The van der Waals surface area contributed by atoms with Crippen molar-refractivity contribution in [2.45, 2.75) is 13.8 Å². The van der Waals surface area contributed by atoms with Crippen molar-refractivity contribution >= 4 is 10.9 Å². The number of hydrogen-bond donors (Lipinski definition) is 0. The maximum atomic E-state index is 4.05. The Morgan fingerprint density at radius 3 is 2.67 bits per heavy atom. The van der Waals surface area contributed by atoms with E-state index in [0.29, 0.717) is 0 Å². The van der Waals surface area contributed by atoms with Gasteiger partial charge in [-0.2, -0.15) is 10.2 Å². The molecule has 0 fully saturated rings. The van der Waals surface area contributed by atoms with Gasteiger partial charge in [0.05, 0.1) is 11.7 Å². The topological polar surface area (TPSA) is 25.8 Å². The van der Waals surface area contributed by atoms with Crippen LogP contribution in [0.25, 0.3) is 10.9 Å². The Morgan fingerprint density at radius 2 is 1.92 bits per heavy atom. The van der Waals surface area contributed by atoms with Crippen molar-refractivity contribution < 1.29 is 0 Å². The first-order valence-corrected chi connectivity index (χ1v) is 3.96. The Morgan fingerprint density at radius 1 is 1.08 bits per heavy atom. The Labute approximate surface area is 71.3 Å². The fourth-order valence-electron chi connectivity index (χ4n) is 1.49. The molecule has 2 aromatic rings. The summed E-state index contributed by atoms with van der Waals surface area (Å²) in [6.45, 7) is 4.15. The molecular formula is C10H10N2. The van der Waals surface area contributed by atoms with Crippen molar-refractivity contribution in [3.05, 3.63) is 35.5 Å². The summed E-state index contributed by atoms with van der Waals surface area (Å²) in [6.07, 6.45) is 1.80. The molecule has 1 aromatic heterocycles. The van der Waals surface area contributed by atoms with E-state index < -0.39 is 0 Å². The van der Waals surface area contributed by atoms with Crippen LogP contribution < -0.4 is 0 Å². The molecule has 0 amide bonds. The highest BCUT2D eigenvalue weighted by Crippen LogP contribution is 2.18. The van der Waals surface area contributed by atoms with Crippen LogP contribution in [-0.4, -0.2) is 10.2 Å². The standard InChI is InChI=1S/C10H10N2/c1-7-4-3-5-9-10(7)8(2)6-11-12-9/h3-6H,1-2H3. The van der Waals surface area contributed by atoms with E-state index in [4.69, 9.17) is 0 Å². The highest BCUT2D eigenvalue weighted by molar-refractivity contribution is 5.84. The highest BCUT2D eigenvalue weighted by atomic mass is 15.1. The van der Waals surface area contributed by atoms with Crippen LogP contribution in [0.1, 0.15) is 11.1 Å². The molecule has 0 saturated heterocycles. The van der Waals surface area contributed by atoms with Gasteiger partial charge in [-0.1, -0.05) is 12.1 Å². The Bertz CT molecular complexity index is 384. The van der Waals surface area contributed by atoms with E-state index in [1.54, 1.807) is 6.20 Å². The van der Waals surface area contributed by atoms with Crippen LogP contribution in [0.4, 0.5) is 0 Å². The van der Waals surface area contributed by atoms with Gasteiger partial charge >= 0.3 is 0 Å². The molecule has 0 aliphatic carbocycles. The predicted octanol–water partition coefficient (Wildman–Crippen LogP) is 2.25. The van der Waals surface area contributed by atoms with Gasteiger partial charge in [0, 0.05) is 5.39 Å². The first-order valence-electron chi connectivity index (χ1n) is 3.96. The smallest absolute Gasteiger partial charge is 0.0934 e. The zero-order chi connectivity index (χ0) is 8.55. The molecule has 0 atom stereocenters. The number of rotatable bonds is 0. The van der Waals surface area contributed by atoms with Gasteiger partial charge in [-0.3, -0.25) is 0 Å². The Balaban J connectivity index is 2.96. The van der Waals surface area contributed by atoms with Crippen molar-refractivity contribution in [2.75, 3.05) is 0 Å². The third kappa shape index (κ3) is 0.961. The summed E-state index contributed by atoms with van der Waals surface area (Å²) in [5, 5.41) is 9.19. The number of nitrogens with zero attached hydrogens (tertiary/aromatic N) is 2. The van der Waals surface area contributed by atoms with Gasteiger partial charge in [-0.25, -0.2) is 0 Å². The van der Waals surface area contributed by atoms with Gasteiger partial charge in [0.25, 0.3) is 0 Å². The van der Waals surface area contributed by atoms with Gasteiger partial charge in [-0.05, 0) is 31.0 Å². The third-order valence-corrected chi connectivity index (χ3v) is 2.06. The molecule has 0 aliphatic heterocycles. The SMILES string of the molecule is Cc1cccc2nncc(C)c12. The van der Waals surface area contributed by atoms with Crippen LogP contribution in [0.3, 0.4) is 0 Å². The van der Waals surface area contributed by atoms with Gasteiger partial charge in [0.2, 0.25) is 0 Å². The lowest BCUT2D eigenvalue weighted by molar-refractivity contribution is 1.06. The minimum absolute atomic E-state index is 0.981. The molecule has 12 heavy (non-hydrogen) atoms. The zero-order valence-corrected chi connectivity index (χ0v) is 7.20. The first kappa shape index (κ1) is 7.22. The Kier molecular flexibility index (Phi) is 1.54. The van der Waals surface area contributed by atoms with Gasteiger partial charge < -0.3 is 0 Å². The third-order valence-electron chi connectivity index (χ3n) is 2.06. The lowest BCUT2D eigenvalue weighted by Crippen LogP contribution is -1.88. The summed E-state index contributed by atoms with van der Waals surface area (Å²) in [4.78, 5) is 0. The quantitative estimate of drug-likeness (QED) is 0.587. The maximum absolute atomic E-state index is 4.05. The van der Waals surface area contributed by atoms with Gasteiger partial charge in [0.15, 0.2) is 0 Å². The molecule has 0 N–H and O–H groups in total. The van der Waals surface area contributed by atoms with E-state index in [-0.39, 0.29) is 0 Å². The van der Waals surface area contributed by atoms with Crippen molar-refractivity contribution in [1.82, 2.24) is 10.2 Å². The molecule has 0 spiro atoms. The molecule has 2 heteroatoms. The number of hydrogen-bond acceptors (Lipinski definition) is 2. The lowest BCUT2D eigenvalue weighted by atomic mass is 10.1. The van der Waals surface area contributed by atoms with Gasteiger partial charge in [-0.15, -0.1) is 0 Å². The second kappa shape index (κ2) is 2.55. The summed E-state index contributed by atoms with van der Waals surface area (Å²) in [5.74, 6) is 0. The zero-order valence-electron chi connectivity index (χ0n) is 7.20. The number of benzene rings is 1. The second-order valence-corrected chi connectivity index (χ2v) is 3.00. The van der Waals surface area contributed by atoms with Crippen LogP contribution in [0.5, 0.6) is 0 Å².